The molecule has 0 fully saturated rings. The van der Waals surface area contributed by atoms with Crippen LogP contribution in [0.4, 0.5) is 8.78 Å². The molecular formula is C16H15F2NO3. The van der Waals surface area contributed by atoms with Gasteiger partial charge in [0.05, 0.1) is 0 Å². The number of hydrogen-bond donors (Lipinski definition) is 4. The Kier molecular flexibility index (Phi) is 3.70. The Balaban J connectivity index is 1.99. The molecule has 0 heterocycles. The van der Waals surface area contributed by atoms with Gasteiger partial charge >= 0.3 is 0 Å². The summed E-state index contributed by atoms with van der Waals surface area (Å²) in [4.78, 5) is 0. The van der Waals surface area contributed by atoms with E-state index in [4.69, 9.17) is 10.2 Å². The van der Waals surface area contributed by atoms with E-state index >= 15 is 0 Å². The molecule has 0 saturated heterocycles. The van der Waals surface area contributed by atoms with E-state index in [2.05, 4.69) is 5.32 Å². The zero-order valence-corrected chi connectivity index (χ0v) is 11.5. The predicted octanol–water partition coefficient (Wildman–Crippen LogP) is 1.70. The normalized spacial score (nSPS) is 16.5. The van der Waals surface area contributed by atoms with Crippen molar-refractivity contribution in [1.82, 2.24) is 5.32 Å². The first-order valence-electron chi connectivity index (χ1n) is 6.81. The van der Waals surface area contributed by atoms with Gasteiger partial charge in [-0.05, 0) is 22.8 Å². The van der Waals surface area contributed by atoms with Gasteiger partial charge in [-0.1, -0.05) is 36.4 Å². The van der Waals surface area contributed by atoms with Gasteiger partial charge in [0, 0.05) is 17.7 Å². The second-order valence-corrected chi connectivity index (χ2v) is 5.22. The highest BCUT2D eigenvalue weighted by molar-refractivity contribution is 5.79. The van der Waals surface area contributed by atoms with E-state index in [0.717, 1.165) is 0 Å². The highest BCUT2D eigenvalue weighted by Gasteiger charge is 2.44. The Bertz CT molecular complexity index is 704. The maximum atomic E-state index is 14.4. The summed E-state index contributed by atoms with van der Waals surface area (Å²) in [5, 5.41) is 30.0. The summed E-state index contributed by atoms with van der Waals surface area (Å²) in [7, 11) is 0. The van der Waals surface area contributed by atoms with E-state index in [1.165, 1.54) is 24.3 Å². The molecule has 4 nitrogen and oxygen atoms in total. The van der Waals surface area contributed by atoms with Gasteiger partial charge in [0.1, 0.15) is 6.23 Å². The number of aliphatic hydroxyl groups excluding tert-OH is 2. The minimum absolute atomic E-state index is 0.0459. The lowest BCUT2D eigenvalue weighted by atomic mass is 10.0. The zero-order valence-electron chi connectivity index (χ0n) is 11.5. The molecule has 0 aromatic heterocycles. The molecular weight excluding hydrogens is 292 g/mol. The van der Waals surface area contributed by atoms with Crippen LogP contribution in [0.5, 0.6) is 0 Å². The largest absolute Gasteiger partial charge is 0.374 e. The number of aliphatic hydroxyl groups is 3. The summed E-state index contributed by atoms with van der Waals surface area (Å²) < 4.78 is 28.7. The van der Waals surface area contributed by atoms with Gasteiger partial charge < -0.3 is 15.3 Å². The number of halogens is 2. The number of hydrogen-bond acceptors (Lipinski definition) is 4. The fourth-order valence-corrected chi connectivity index (χ4v) is 2.70. The summed E-state index contributed by atoms with van der Waals surface area (Å²) in [5.41, 5.74) is 1.07. The molecule has 116 valence electrons. The molecule has 1 atom stereocenters. The Morgan fingerprint density at radius 3 is 2.36 bits per heavy atom. The lowest BCUT2D eigenvalue weighted by Gasteiger charge is -2.16. The fourth-order valence-electron chi connectivity index (χ4n) is 2.70. The maximum Gasteiger partial charge on any atom is 0.299 e. The van der Waals surface area contributed by atoms with E-state index in [-0.39, 0.29) is 17.7 Å². The summed E-state index contributed by atoms with van der Waals surface area (Å²) >= 11 is 0. The van der Waals surface area contributed by atoms with E-state index in [0.29, 0.717) is 16.7 Å². The Hall–Kier alpha value is -1.86. The van der Waals surface area contributed by atoms with Crippen molar-refractivity contribution in [3.05, 3.63) is 59.2 Å². The van der Waals surface area contributed by atoms with Gasteiger partial charge in [0.15, 0.2) is 6.29 Å². The third-order valence-electron chi connectivity index (χ3n) is 3.75. The molecule has 0 spiro atoms. The first-order valence-corrected chi connectivity index (χ1v) is 6.81. The summed E-state index contributed by atoms with van der Waals surface area (Å²) in [6.45, 7) is -0.231. The Labute approximate surface area is 125 Å². The fraction of sp³-hybridized carbons (Fsp3) is 0.250. The van der Waals surface area contributed by atoms with Gasteiger partial charge in [-0.3, -0.25) is 5.32 Å². The van der Waals surface area contributed by atoms with Gasteiger partial charge in [0.2, 0.25) is 0 Å². The standard InChI is InChI=1S/C16H15F2NO3/c17-16(18)12-4-2-1-3-10(12)11-7-9(5-6-13(11)16)15(22)19-8-14(20)21/h1-7,14-15,19-22H,8H2. The van der Waals surface area contributed by atoms with Crippen molar-refractivity contribution in [2.24, 2.45) is 0 Å². The zero-order chi connectivity index (χ0) is 15.9. The Morgan fingerprint density at radius 1 is 0.955 bits per heavy atom. The number of nitrogens with one attached hydrogen (secondary N) is 1. The first kappa shape index (κ1) is 15.1. The third-order valence-corrected chi connectivity index (χ3v) is 3.75. The van der Waals surface area contributed by atoms with Crippen molar-refractivity contribution in [3.8, 4) is 11.1 Å². The second-order valence-electron chi connectivity index (χ2n) is 5.22. The molecule has 1 unspecified atom stereocenters. The molecule has 1 aliphatic carbocycles. The van der Waals surface area contributed by atoms with Crippen LogP contribution < -0.4 is 5.32 Å². The quantitative estimate of drug-likeness (QED) is 0.649. The van der Waals surface area contributed by atoms with Crippen molar-refractivity contribution in [1.29, 1.82) is 0 Å². The highest BCUT2D eigenvalue weighted by Crippen LogP contribution is 2.51. The highest BCUT2D eigenvalue weighted by atomic mass is 19.3. The number of alkyl halides is 2. The van der Waals surface area contributed by atoms with Crippen LogP contribution in [0.3, 0.4) is 0 Å². The Morgan fingerprint density at radius 2 is 1.64 bits per heavy atom. The number of rotatable bonds is 4. The van der Waals surface area contributed by atoms with Gasteiger partial charge in [-0.2, -0.15) is 8.78 Å². The monoisotopic (exact) mass is 307 g/mol. The van der Waals surface area contributed by atoms with Crippen LogP contribution in [0.1, 0.15) is 22.9 Å². The van der Waals surface area contributed by atoms with Crippen LogP contribution in [-0.2, 0) is 5.92 Å². The van der Waals surface area contributed by atoms with Crippen LogP contribution in [0, 0.1) is 0 Å². The minimum Gasteiger partial charge on any atom is -0.374 e. The van der Waals surface area contributed by atoms with Gasteiger partial charge in [0.25, 0.3) is 5.92 Å². The molecule has 0 aliphatic heterocycles. The number of fused-ring (bicyclic) bond motifs is 3. The van der Waals surface area contributed by atoms with Crippen molar-refractivity contribution in [2.45, 2.75) is 18.4 Å². The molecule has 0 bridgehead atoms. The second kappa shape index (κ2) is 5.40. The molecule has 2 aromatic rings. The van der Waals surface area contributed by atoms with E-state index < -0.39 is 18.4 Å². The molecule has 4 N–H and O–H groups in total. The molecule has 2 aromatic carbocycles. The van der Waals surface area contributed by atoms with Crippen molar-refractivity contribution in [2.75, 3.05) is 6.54 Å². The third kappa shape index (κ3) is 2.40. The van der Waals surface area contributed by atoms with E-state index in [1.807, 2.05) is 0 Å². The summed E-state index contributed by atoms with van der Waals surface area (Å²) in [6.07, 6.45) is -2.78. The van der Waals surface area contributed by atoms with Crippen LogP contribution >= 0.6 is 0 Å². The minimum atomic E-state index is -3.05. The molecule has 6 heteroatoms. The molecule has 0 radical (unpaired) electrons. The molecule has 1 aliphatic rings. The van der Waals surface area contributed by atoms with Crippen LogP contribution in [0.25, 0.3) is 11.1 Å². The molecule has 0 saturated carbocycles. The van der Waals surface area contributed by atoms with Crippen LogP contribution in [-0.4, -0.2) is 28.2 Å². The van der Waals surface area contributed by atoms with Crippen molar-refractivity contribution >= 4 is 0 Å². The van der Waals surface area contributed by atoms with Crippen molar-refractivity contribution in [3.63, 3.8) is 0 Å². The predicted molar refractivity (Wildman–Crippen MR) is 76.1 cm³/mol. The smallest absolute Gasteiger partial charge is 0.299 e. The summed E-state index contributed by atoms with van der Waals surface area (Å²) in [6, 6.07) is 10.5. The average Bonchev–Trinajstić information content (AvgIpc) is 2.73. The lowest BCUT2D eigenvalue weighted by Crippen LogP contribution is -2.30. The topological polar surface area (TPSA) is 72.7 Å². The summed E-state index contributed by atoms with van der Waals surface area (Å²) in [5.74, 6) is -3.05. The van der Waals surface area contributed by atoms with Crippen molar-refractivity contribution < 1.29 is 24.1 Å². The van der Waals surface area contributed by atoms with Gasteiger partial charge in [-0.25, -0.2) is 0 Å². The van der Waals surface area contributed by atoms with Crippen LogP contribution in [0.15, 0.2) is 42.5 Å². The average molecular weight is 307 g/mol. The molecule has 22 heavy (non-hydrogen) atoms. The maximum absolute atomic E-state index is 14.4. The first-order chi connectivity index (χ1) is 10.4. The molecule has 0 amide bonds. The number of benzene rings is 2. The lowest BCUT2D eigenvalue weighted by molar-refractivity contribution is -0.0468. The van der Waals surface area contributed by atoms with E-state index in [1.54, 1.807) is 18.2 Å². The SMILES string of the molecule is OC(O)CNC(O)c1ccc2c(c1)-c1ccccc1C2(F)F. The molecule has 3 rings (SSSR count). The van der Waals surface area contributed by atoms with Crippen LogP contribution in [0.2, 0.25) is 0 Å². The van der Waals surface area contributed by atoms with E-state index in [9.17, 15) is 13.9 Å². The van der Waals surface area contributed by atoms with Gasteiger partial charge in [-0.15, -0.1) is 0 Å².